The van der Waals surface area contributed by atoms with Gasteiger partial charge in [0.05, 0.1) is 29.0 Å². The lowest BCUT2D eigenvalue weighted by Gasteiger charge is -2.20. The van der Waals surface area contributed by atoms with Crippen molar-refractivity contribution in [1.29, 1.82) is 0 Å². The van der Waals surface area contributed by atoms with Gasteiger partial charge in [-0.15, -0.1) is 11.3 Å². The number of aromatic nitrogens is 1. The largest absolute Gasteiger partial charge is 0.478 e. The van der Waals surface area contributed by atoms with Gasteiger partial charge in [0.2, 0.25) is 0 Å². The summed E-state index contributed by atoms with van der Waals surface area (Å²) in [7, 11) is 1.75. The van der Waals surface area contributed by atoms with Crippen molar-refractivity contribution in [1.82, 2.24) is 4.98 Å². The van der Waals surface area contributed by atoms with E-state index in [-0.39, 0.29) is 5.56 Å². The van der Waals surface area contributed by atoms with Crippen LogP contribution < -0.4 is 4.90 Å². The minimum absolute atomic E-state index is 0.0484. The molecule has 0 saturated heterocycles. The van der Waals surface area contributed by atoms with Gasteiger partial charge in [-0.05, 0) is 18.2 Å². The van der Waals surface area contributed by atoms with E-state index in [4.69, 9.17) is 5.11 Å². The number of benzene rings is 1. The van der Waals surface area contributed by atoms with Gasteiger partial charge in [-0.25, -0.2) is 14.2 Å². The molecule has 0 aliphatic heterocycles. The average Bonchev–Trinajstić information content (AvgIpc) is 2.81. The van der Waals surface area contributed by atoms with Crippen molar-refractivity contribution >= 4 is 23.0 Å². The maximum Gasteiger partial charge on any atom is 0.337 e. The Bertz CT molecular complexity index is 557. The maximum absolute atomic E-state index is 13.1. The molecule has 1 N–H and O–H groups in total. The molecule has 0 aliphatic rings. The lowest BCUT2D eigenvalue weighted by molar-refractivity contribution is 0.0697. The van der Waals surface area contributed by atoms with E-state index in [1.54, 1.807) is 17.5 Å². The van der Waals surface area contributed by atoms with Crippen LogP contribution in [0.3, 0.4) is 0 Å². The fraction of sp³-hybridized carbons (Fsp3) is 0.167. The molecule has 0 saturated carbocycles. The van der Waals surface area contributed by atoms with E-state index >= 15 is 0 Å². The molecule has 1 aromatic carbocycles. The first-order valence-corrected chi connectivity index (χ1v) is 6.13. The smallest absolute Gasteiger partial charge is 0.337 e. The monoisotopic (exact) mass is 266 g/mol. The topological polar surface area (TPSA) is 53.4 Å². The second-order valence-corrected chi connectivity index (χ2v) is 4.52. The van der Waals surface area contributed by atoms with Crippen LogP contribution in [0.15, 0.2) is 29.1 Å². The number of hydrogen-bond acceptors (Lipinski definition) is 4. The normalized spacial score (nSPS) is 10.3. The number of carboxylic acids is 1. The zero-order valence-electron chi connectivity index (χ0n) is 9.63. The number of anilines is 1. The molecular weight excluding hydrogens is 255 g/mol. The van der Waals surface area contributed by atoms with Gasteiger partial charge in [-0.2, -0.15) is 0 Å². The predicted octanol–water partition coefficient (Wildman–Crippen LogP) is 2.62. The summed E-state index contributed by atoms with van der Waals surface area (Å²) in [6.45, 7) is 0.482. The van der Waals surface area contributed by atoms with Gasteiger partial charge in [0.1, 0.15) is 5.82 Å². The van der Waals surface area contributed by atoms with Gasteiger partial charge < -0.3 is 10.0 Å². The first-order chi connectivity index (χ1) is 8.58. The van der Waals surface area contributed by atoms with Crippen molar-refractivity contribution in [3.05, 3.63) is 46.2 Å². The molecule has 6 heteroatoms. The molecular formula is C12H11FN2O2S. The van der Waals surface area contributed by atoms with Crippen LogP contribution >= 0.6 is 11.3 Å². The molecule has 0 radical (unpaired) electrons. The highest BCUT2D eigenvalue weighted by atomic mass is 32.1. The molecule has 1 heterocycles. The molecule has 0 aliphatic carbocycles. The molecule has 1 aromatic heterocycles. The van der Waals surface area contributed by atoms with Gasteiger partial charge in [-0.3, -0.25) is 0 Å². The molecule has 2 aromatic rings. The molecule has 0 bridgehead atoms. The van der Waals surface area contributed by atoms with Gasteiger partial charge in [-0.1, -0.05) is 0 Å². The minimum Gasteiger partial charge on any atom is -0.478 e. The Morgan fingerprint density at radius 3 is 2.94 bits per heavy atom. The van der Waals surface area contributed by atoms with Crippen molar-refractivity contribution in [2.75, 3.05) is 11.9 Å². The third kappa shape index (κ3) is 2.65. The minimum atomic E-state index is -1.14. The number of carbonyl (C=O) groups is 1. The molecule has 0 fully saturated rings. The number of hydrogen-bond donors (Lipinski definition) is 1. The fourth-order valence-electron chi connectivity index (χ4n) is 1.66. The van der Waals surface area contributed by atoms with Crippen molar-refractivity contribution in [3.8, 4) is 0 Å². The van der Waals surface area contributed by atoms with E-state index in [1.165, 1.54) is 23.5 Å². The van der Waals surface area contributed by atoms with Crippen LogP contribution in [0.5, 0.6) is 0 Å². The molecule has 18 heavy (non-hydrogen) atoms. The first-order valence-electron chi connectivity index (χ1n) is 5.19. The fourth-order valence-corrected chi connectivity index (χ4v) is 2.21. The zero-order valence-corrected chi connectivity index (χ0v) is 10.4. The lowest BCUT2D eigenvalue weighted by Crippen LogP contribution is -2.19. The lowest BCUT2D eigenvalue weighted by atomic mass is 10.1. The van der Waals surface area contributed by atoms with Gasteiger partial charge >= 0.3 is 5.97 Å². The Kier molecular flexibility index (Phi) is 3.57. The predicted molar refractivity (Wildman–Crippen MR) is 67.6 cm³/mol. The van der Waals surface area contributed by atoms with Gasteiger partial charge in [0, 0.05) is 12.4 Å². The highest BCUT2D eigenvalue weighted by Gasteiger charge is 2.15. The van der Waals surface area contributed by atoms with Crippen LogP contribution in [0.1, 0.15) is 16.1 Å². The van der Waals surface area contributed by atoms with Crippen LogP contribution in [0.4, 0.5) is 10.1 Å². The molecule has 94 valence electrons. The maximum atomic E-state index is 13.1. The molecule has 0 atom stereocenters. The number of rotatable bonds is 4. The second-order valence-electron chi connectivity index (χ2n) is 3.80. The summed E-state index contributed by atoms with van der Waals surface area (Å²) in [5.74, 6) is -1.70. The quantitative estimate of drug-likeness (QED) is 0.924. The van der Waals surface area contributed by atoms with E-state index < -0.39 is 11.8 Å². The summed E-state index contributed by atoms with van der Waals surface area (Å²) in [5.41, 5.74) is 2.99. The Labute approximate surface area is 107 Å². The number of carboxylic acid groups (broad SMARTS) is 1. The summed E-state index contributed by atoms with van der Waals surface area (Å²) in [6.07, 6.45) is 0. The zero-order chi connectivity index (χ0) is 13.1. The van der Waals surface area contributed by atoms with Crippen molar-refractivity contribution in [2.24, 2.45) is 0 Å². The number of thiazole rings is 1. The molecule has 0 amide bonds. The van der Waals surface area contributed by atoms with Crippen molar-refractivity contribution < 1.29 is 14.3 Å². The third-order valence-electron chi connectivity index (χ3n) is 2.48. The summed E-state index contributed by atoms with van der Waals surface area (Å²) >= 11 is 1.48. The van der Waals surface area contributed by atoms with Crippen LogP contribution in [0.2, 0.25) is 0 Å². The van der Waals surface area contributed by atoms with Crippen molar-refractivity contribution in [3.63, 3.8) is 0 Å². The van der Waals surface area contributed by atoms with Crippen LogP contribution in [0.25, 0.3) is 0 Å². The highest BCUT2D eigenvalue weighted by Crippen LogP contribution is 2.22. The van der Waals surface area contributed by atoms with Crippen LogP contribution in [0, 0.1) is 5.82 Å². The summed E-state index contributed by atoms with van der Waals surface area (Å²) in [5, 5.41) is 10.9. The van der Waals surface area contributed by atoms with Crippen molar-refractivity contribution in [2.45, 2.75) is 6.54 Å². The number of halogens is 1. The first kappa shape index (κ1) is 12.5. The second kappa shape index (κ2) is 5.14. The number of aromatic carboxylic acids is 1. The van der Waals surface area contributed by atoms with Gasteiger partial charge in [0.25, 0.3) is 0 Å². The number of nitrogens with zero attached hydrogens (tertiary/aromatic N) is 2. The summed E-state index contributed by atoms with van der Waals surface area (Å²) in [4.78, 5) is 16.9. The Balaban J connectivity index is 2.29. The highest BCUT2D eigenvalue weighted by molar-refractivity contribution is 7.07. The average molecular weight is 266 g/mol. The summed E-state index contributed by atoms with van der Waals surface area (Å²) in [6, 6.07) is 3.74. The SMILES string of the molecule is CN(Cc1cscn1)c1ccc(F)cc1C(=O)O. The summed E-state index contributed by atoms with van der Waals surface area (Å²) < 4.78 is 13.1. The third-order valence-corrected chi connectivity index (χ3v) is 3.12. The Morgan fingerprint density at radius 1 is 1.56 bits per heavy atom. The van der Waals surface area contributed by atoms with E-state index in [2.05, 4.69) is 4.98 Å². The van der Waals surface area contributed by atoms with E-state index in [0.29, 0.717) is 12.2 Å². The standard InChI is InChI=1S/C12H11FN2O2S/c1-15(5-9-6-18-7-14-9)11-3-2-8(13)4-10(11)12(16)17/h2-4,6-7H,5H2,1H3,(H,16,17). The molecule has 0 spiro atoms. The Morgan fingerprint density at radius 2 is 2.33 bits per heavy atom. The Hall–Kier alpha value is -1.95. The molecule has 2 rings (SSSR count). The molecule has 0 unspecified atom stereocenters. The van der Waals surface area contributed by atoms with E-state index in [1.807, 2.05) is 5.38 Å². The molecule has 4 nitrogen and oxygen atoms in total. The van der Waals surface area contributed by atoms with Crippen LogP contribution in [-0.2, 0) is 6.54 Å². The van der Waals surface area contributed by atoms with Crippen LogP contribution in [-0.4, -0.2) is 23.1 Å². The van der Waals surface area contributed by atoms with E-state index in [9.17, 15) is 9.18 Å². The van der Waals surface area contributed by atoms with E-state index in [0.717, 1.165) is 11.8 Å². The van der Waals surface area contributed by atoms with Gasteiger partial charge in [0.15, 0.2) is 0 Å².